The molecule has 0 aliphatic carbocycles. The van der Waals surface area contributed by atoms with Crippen molar-refractivity contribution < 1.29 is 9.52 Å². The fraction of sp³-hybridized carbons (Fsp3) is 0.636. The van der Waals surface area contributed by atoms with E-state index in [0.717, 1.165) is 35.9 Å². The Kier molecular flexibility index (Phi) is 5.12. The van der Waals surface area contributed by atoms with Gasteiger partial charge in [-0.15, -0.1) is 0 Å². The number of rotatable bonds is 6. The molecule has 0 amide bonds. The van der Waals surface area contributed by atoms with Crippen LogP contribution in [-0.2, 0) is 12.2 Å². The highest BCUT2D eigenvalue weighted by atomic mass is 32.2. The lowest BCUT2D eigenvalue weighted by atomic mass is 10.3. The second-order valence-corrected chi connectivity index (χ2v) is 4.33. The molecule has 0 spiro atoms. The van der Waals surface area contributed by atoms with Crippen LogP contribution in [-0.4, -0.2) is 17.0 Å². The van der Waals surface area contributed by atoms with E-state index in [0.29, 0.717) is 0 Å². The topological polar surface area (TPSA) is 33.4 Å². The van der Waals surface area contributed by atoms with Crippen LogP contribution in [0.4, 0.5) is 0 Å². The third-order valence-electron chi connectivity index (χ3n) is 2.09. The summed E-state index contributed by atoms with van der Waals surface area (Å²) in [7, 11) is 0. The van der Waals surface area contributed by atoms with Crippen molar-refractivity contribution in [1.82, 2.24) is 0 Å². The smallest absolute Gasteiger partial charge is 0.114 e. The lowest BCUT2D eigenvalue weighted by Gasteiger charge is -2.05. The van der Waals surface area contributed by atoms with Gasteiger partial charge in [-0.25, -0.2) is 0 Å². The van der Waals surface area contributed by atoms with Gasteiger partial charge in [0.2, 0.25) is 0 Å². The molecule has 0 aliphatic heterocycles. The summed E-state index contributed by atoms with van der Waals surface area (Å²) in [5, 5.41) is 9.34. The van der Waals surface area contributed by atoms with Crippen LogP contribution in [0.1, 0.15) is 31.8 Å². The zero-order valence-corrected chi connectivity index (χ0v) is 9.64. The van der Waals surface area contributed by atoms with Crippen LogP contribution in [0.3, 0.4) is 0 Å². The number of hydrogen-bond donors (Lipinski definition) is 1. The number of hydrogen-bond acceptors (Lipinski definition) is 3. The Morgan fingerprint density at radius 3 is 2.64 bits per heavy atom. The number of aliphatic hydroxyl groups is 1. The van der Waals surface area contributed by atoms with Crippen molar-refractivity contribution in [2.75, 3.05) is 5.75 Å². The maximum Gasteiger partial charge on any atom is 0.114 e. The van der Waals surface area contributed by atoms with Crippen molar-refractivity contribution in [3.8, 4) is 0 Å². The molecule has 0 radical (unpaired) electrons. The van der Waals surface area contributed by atoms with E-state index in [1.54, 1.807) is 11.8 Å². The van der Waals surface area contributed by atoms with Crippen molar-refractivity contribution >= 4 is 11.8 Å². The maximum atomic E-state index is 9.34. The van der Waals surface area contributed by atoms with Crippen LogP contribution in [0.5, 0.6) is 0 Å². The lowest BCUT2D eigenvalue weighted by Crippen LogP contribution is -2.07. The molecule has 0 bridgehead atoms. The van der Waals surface area contributed by atoms with E-state index >= 15 is 0 Å². The number of aliphatic hydroxyl groups excluding tert-OH is 1. The van der Waals surface area contributed by atoms with Crippen molar-refractivity contribution in [1.29, 1.82) is 0 Å². The van der Waals surface area contributed by atoms with Gasteiger partial charge in [0.1, 0.15) is 11.5 Å². The minimum atomic E-state index is -0.180. The van der Waals surface area contributed by atoms with Gasteiger partial charge in [-0.05, 0) is 18.6 Å². The normalized spacial score (nSPS) is 13.1. The summed E-state index contributed by atoms with van der Waals surface area (Å²) in [4.78, 5) is 0. The van der Waals surface area contributed by atoms with Gasteiger partial charge < -0.3 is 9.52 Å². The van der Waals surface area contributed by atoms with Gasteiger partial charge in [-0.1, -0.05) is 13.8 Å². The predicted octanol–water partition coefficient (Wildman–Crippen LogP) is 2.85. The number of thioether (sulfide) groups is 1. The Morgan fingerprint density at radius 1 is 1.36 bits per heavy atom. The van der Waals surface area contributed by atoms with Gasteiger partial charge in [0.25, 0.3) is 0 Å². The molecule has 14 heavy (non-hydrogen) atoms. The summed E-state index contributed by atoms with van der Waals surface area (Å²) in [6, 6.07) is 4.04. The van der Waals surface area contributed by atoms with E-state index in [9.17, 15) is 5.11 Å². The molecular formula is C11H18O2S. The van der Waals surface area contributed by atoms with Crippen molar-refractivity contribution in [2.45, 2.75) is 38.5 Å². The van der Waals surface area contributed by atoms with E-state index in [1.165, 1.54) is 0 Å². The first-order valence-electron chi connectivity index (χ1n) is 5.09. The summed E-state index contributed by atoms with van der Waals surface area (Å²) in [5.41, 5.74) is 0. The minimum Gasteiger partial charge on any atom is -0.465 e. The number of aryl methyl sites for hydroxylation is 1. The molecule has 2 nitrogen and oxygen atoms in total. The fourth-order valence-electron chi connectivity index (χ4n) is 1.10. The number of furan rings is 1. The van der Waals surface area contributed by atoms with Crippen LogP contribution in [0.2, 0.25) is 0 Å². The predicted molar refractivity (Wildman–Crippen MR) is 60.5 cm³/mol. The zero-order valence-electron chi connectivity index (χ0n) is 8.82. The Labute approximate surface area is 89.7 Å². The van der Waals surface area contributed by atoms with Gasteiger partial charge in [0, 0.05) is 12.2 Å². The van der Waals surface area contributed by atoms with Crippen LogP contribution < -0.4 is 0 Å². The molecule has 1 aromatic heterocycles. The van der Waals surface area contributed by atoms with Gasteiger partial charge in [-0.3, -0.25) is 0 Å². The third-order valence-corrected chi connectivity index (χ3v) is 3.20. The van der Waals surface area contributed by atoms with Crippen LogP contribution >= 0.6 is 11.8 Å². The monoisotopic (exact) mass is 214 g/mol. The molecule has 3 heteroatoms. The highest BCUT2D eigenvalue weighted by Gasteiger charge is 2.03. The molecule has 0 saturated heterocycles. The quantitative estimate of drug-likeness (QED) is 0.790. The van der Waals surface area contributed by atoms with E-state index in [1.807, 2.05) is 19.1 Å². The molecule has 1 aromatic rings. The molecular weight excluding hydrogens is 196 g/mol. The molecule has 1 rings (SSSR count). The maximum absolute atomic E-state index is 9.34. The average Bonchev–Trinajstić information content (AvgIpc) is 2.65. The van der Waals surface area contributed by atoms with E-state index < -0.39 is 0 Å². The molecule has 1 N–H and O–H groups in total. The Balaban J connectivity index is 2.24. The second-order valence-electron chi connectivity index (χ2n) is 3.30. The molecule has 80 valence electrons. The summed E-state index contributed by atoms with van der Waals surface area (Å²) in [6.07, 6.45) is 1.59. The summed E-state index contributed by atoms with van der Waals surface area (Å²) >= 11 is 1.72. The van der Waals surface area contributed by atoms with Gasteiger partial charge in [0.15, 0.2) is 0 Å². The molecule has 1 atom stereocenters. The molecule has 0 saturated carbocycles. The Morgan fingerprint density at radius 2 is 2.07 bits per heavy atom. The first-order valence-corrected chi connectivity index (χ1v) is 6.25. The summed E-state index contributed by atoms with van der Waals surface area (Å²) < 4.78 is 5.55. The standard InChI is InChI=1S/C11H18O2S/c1-3-9(12)7-14-8-11-6-5-10(4-2)13-11/h5-6,9,12H,3-4,7-8H2,1-2H3/t9-/m1/s1. The van der Waals surface area contributed by atoms with Gasteiger partial charge >= 0.3 is 0 Å². The largest absolute Gasteiger partial charge is 0.465 e. The second kappa shape index (κ2) is 6.14. The summed E-state index contributed by atoms with van der Waals surface area (Å²) in [5.74, 6) is 3.70. The zero-order chi connectivity index (χ0) is 10.4. The SMILES string of the molecule is CCc1ccc(CSC[C@H](O)CC)o1. The Hall–Kier alpha value is -0.410. The van der Waals surface area contributed by atoms with Gasteiger partial charge in [-0.2, -0.15) is 11.8 Å². The third kappa shape index (κ3) is 3.76. The van der Waals surface area contributed by atoms with E-state index in [2.05, 4.69) is 6.92 Å². The average molecular weight is 214 g/mol. The first kappa shape index (κ1) is 11.7. The van der Waals surface area contributed by atoms with Crippen molar-refractivity contribution in [2.24, 2.45) is 0 Å². The molecule has 0 unspecified atom stereocenters. The van der Waals surface area contributed by atoms with Crippen molar-refractivity contribution in [3.05, 3.63) is 23.7 Å². The Bertz CT molecular complexity index is 258. The summed E-state index contributed by atoms with van der Waals surface area (Å²) in [6.45, 7) is 4.07. The minimum absolute atomic E-state index is 0.180. The van der Waals surface area contributed by atoms with Crippen LogP contribution in [0.25, 0.3) is 0 Å². The molecule has 0 fully saturated rings. The van der Waals surface area contributed by atoms with E-state index in [4.69, 9.17) is 4.42 Å². The van der Waals surface area contributed by atoms with E-state index in [-0.39, 0.29) is 6.10 Å². The fourth-order valence-corrected chi connectivity index (χ4v) is 2.09. The van der Waals surface area contributed by atoms with Crippen molar-refractivity contribution in [3.63, 3.8) is 0 Å². The highest BCUT2D eigenvalue weighted by molar-refractivity contribution is 7.98. The van der Waals surface area contributed by atoms with Crippen LogP contribution in [0, 0.1) is 0 Å². The first-order chi connectivity index (χ1) is 6.76. The molecule has 0 aromatic carbocycles. The highest BCUT2D eigenvalue weighted by Crippen LogP contribution is 2.16. The van der Waals surface area contributed by atoms with Crippen LogP contribution in [0.15, 0.2) is 16.5 Å². The lowest BCUT2D eigenvalue weighted by molar-refractivity contribution is 0.195. The van der Waals surface area contributed by atoms with Gasteiger partial charge in [0.05, 0.1) is 11.9 Å². The molecule has 0 aliphatic rings. The molecule has 1 heterocycles.